The van der Waals surface area contributed by atoms with E-state index in [1.807, 2.05) is 66.9 Å². The fraction of sp³-hybridized carbons (Fsp3) is 0.0952. The third kappa shape index (κ3) is 4.70. The van der Waals surface area contributed by atoms with Gasteiger partial charge < -0.3 is 9.47 Å². The van der Waals surface area contributed by atoms with Crippen molar-refractivity contribution in [1.29, 1.82) is 0 Å². The Balaban J connectivity index is 1.76. The van der Waals surface area contributed by atoms with E-state index in [0.29, 0.717) is 34.7 Å². The normalized spacial score (nSPS) is 10.3. The topological polar surface area (TPSA) is 35.5 Å². The Labute approximate surface area is 155 Å². The van der Waals surface area contributed by atoms with Crippen molar-refractivity contribution in [3.05, 3.63) is 94.0 Å². The predicted molar refractivity (Wildman–Crippen MR) is 100 cm³/mol. The van der Waals surface area contributed by atoms with Crippen LogP contribution in [0.25, 0.3) is 0 Å². The molecule has 1 radical (unpaired) electrons. The van der Waals surface area contributed by atoms with Crippen molar-refractivity contribution in [2.24, 2.45) is 0 Å². The molecule has 0 aliphatic carbocycles. The van der Waals surface area contributed by atoms with Crippen LogP contribution in [-0.4, -0.2) is 6.29 Å². The molecule has 0 atom stereocenters. The summed E-state index contributed by atoms with van der Waals surface area (Å²) in [4.78, 5) is 11.2. The second-order valence-electron chi connectivity index (χ2n) is 5.43. The summed E-state index contributed by atoms with van der Waals surface area (Å²) in [5.41, 5.74) is 2.44. The van der Waals surface area contributed by atoms with E-state index < -0.39 is 0 Å². The number of carbonyl (C=O) groups excluding carboxylic acids is 1. The molecular weight excluding hydrogens is 380 g/mol. The SMILES string of the molecule is O=[C]c1cc(Br)c(OCc2ccccc2)cc1OCc1ccccc1. The molecule has 0 N–H and O–H groups in total. The lowest BCUT2D eigenvalue weighted by Gasteiger charge is -2.13. The van der Waals surface area contributed by atoms with E-state index in [-0.39, 0.29) is 0 Å². The molecule has 4 heteroatoms. The molecule has 0 unspecified atom stereocenters. The van der Waals surface area contributed by atoms with Gasteiger partial charge in [-0.05, 0) is 33.1 Å². The first kappa shape index (κ1) is 17.2. The van der Waals surface area contributed by atoms with Gasteiger partial charge in [0.2, 0.25) is 6.29 Å². The Bertz CT molecular complexity index is 833. The molecule has 0 aromatic heterocycles. The first-order valence-electron chi connectivity index (χ1n) is 7.81. The highest BCUT2D eigenvalue weighted by Crippen LogP contribution is 2.33. The lowest BCUT2D eigenvalue weighted by molar-refractivity contribution is 0.288. The monoisotopic (exact) mass is 395 g/mol. The molecule has 3 aromatic rings. The molecule has 0 amide bonds. The van der Waals surface area contributed by atoms with Gasteiger partial charge in [0.1, 0.15) is 24.7 Å². The predicted octanol–water partition coefficient (Wildman–Crippen LogP) is 5.06. The van der Waals surface area contributed by atoms with Crippen LogP contribution >= 0.6 is 15.9 Å². The molecule has 0 heterocycles. The zero-order chi connectivity index (χ0) is 17.5. The summed E-state index contributed by atoms with van der Waals surface area (Å²) in [5, 5.41) is 0. The zero-order valence-electron chi connectivity index (χ0n) is 13.4. The molecule has 0 bridgehead atoms. The summed E-state index contributed by atoms with van der Waals surface area (Å²) >= 11 is 3.43. The quantitative estimate of drug-likeness (QED) is 0.560. The maximum atomic E-state index is 11.2. The van der Waals surface area contributed by atoms with Crippen LogP contribution in [0.15, 0.2) is 77.3 Å². The molecule has 0 saturated carbocycles. The van der Waals surface area contributed by atoms with E-state index in [9.17, 15) is 4.79 Å². The molecule has 125 valence electrons. The van der Waals surface area contributed by atoms with Crippen molar-refractivity contribution in [2.75, 3.05) is 0 Å². The Morgan fingerprint density at radius 1 is 0.760 bits per heavy atom. The average Bonchev–Trinajstić information content (AvgIpc) is 2.67. The van der Waals surface area contributed by atoms with E-state index >= 15 is 0 Å². The highest BCUT2D eigenvalue weighted by Gasteiger charge is 2.11. The van der Waals surface area contributed by atoms with Crippen LogP contribution < -0.4 is 9.47 Å². The molecule has 3 nitrogen and oxygen atoms in total. The number of rotatable bonds is 7. The minimum atomic E-state index is 0.356. The maximum Gasteiger partial charge on any atom is 0.237 e. The lowest BCUT2D eigenvalue weighted by Crippen LogP contribution is -2.01. The van der Waals surface area contributed by atoms with Gasteiger partial charge in [0.15, 0.2) is 0 Å². The first-order chi connectivity index (χ1) is 12.3. The molecule has 0 saturated heterocycles. The summed E-state index contributed by atoms with van der Waals surface area (Å²) < 4.78 is 12.3. The molecule has 3 rings (SSSR count). The van der Waals surface area contributed by atoms with E-state index in [1.54, 1.807) is 12.1 Å². The van der Waals surface area contributed by atoms with Crippen molar-refractivity contribution in [3.63, 3.8) is 0 Å². The molecule has 0 aliphatic heterocycles. The molecule has 0 spiro atoms. The van der Waals surface area contributed by atoms with Crippen molar-refractivity contribution < 1.29 is 14.3 Å². The van der Waals surface area contributed by atoms with Gasteiger partial charge in [-0.25, -0.2) is 0 Å². The van der Waals surface area contributed by atoms with Gasteiger partial charge >= 0.3 is 0 Å². The summed E-state index contributed by atoms with van der Waals surface area (Å²) in [6.45, 7) is 0.803. The third-order valence-electron chi connectivity index (χ3n) is 3.62. The number of hydrogen-bond acceptors (Lipinski definition) is 3. The molecule has 0 fully saturated rings. The second-order valence-corrected chi connectivity index (χ2v) is 6.28. The number of benzene rings is 3. The van der Waals surface area contributed by atoms with Crippen LogP contribution in [-0.2, 0) is 18.0 Å². The standard InChI is InChI=1S/C21H16BrO3/c22-19-11-18(13-23)20(24-14-16-7-3-1-4-8-16)12-21(19)25-15-17-9-5-2-6-10-17/h1-12H,14-15H2. The molecule has 0 aliphatic rings. The Kier molecular flexibility index (Phi) is 5.86. The van der Waals surface area contributed by atoms with Crippen molar-refractivity contribution >= 4 is 22.2 Å². The van der Waals surface area contributed by atoms with E-state index in [1.165, 1.54) is 0 Å². The summed E-state index contributed by atoms with van der Waals surface area (Å²) in [7, 11) is 0. The first-order valence-corrected chi connectivity index (χ1v) is 8.60. The van der Waals surface area contributed by atoms with Gasteiger partial charge in [-0.2, -0.15) is 0 Å². The fourth-order valence-corrected chi connectivity index (χ4v) is 2.77. The minimum Gasteiger partial charge on any atom is -0.488 e. The van der Waals surface area contributed by atoms with Crippen molar-refractivity contribution in [1.82, 2.24) is 0 Å². The highest BCUT2D eigenvalue weighted by molar-refractivity contribution is 9.10. The number of halogens is 1. The van der Waals surface area contributed by atoms with Gasteiger partial charge in [-0.1, -0.05) is 60.7 Å². The maximum absolute atomic E-state index is 11.2. The van der Waals surface area contributed by atoms with Crippen molar-refractivity contribution in [2.45, 2.75) is 13.2 Å². The van der Waals surface area contributed by atoms with E-state index in [0.717, 1.165) is 11.1 Å². The third-order valence-corrected chi connectivity index (χ3v) is 4.24. The van der Waals surface area contributed by atoms with Gasteiger partial charge in [0, 0.05) is 6.07 Å². The molecule has 3 aromatic carbocycles. The summed E-state index contributed by atoms with van der Waals surface area (Å²) in [6, 6.07) is 23.0. The highest BCUT2D eigenvalue weighted by atomic mass is 79.9. The zero-order valence-corrected chi connectivity index (χ0v) is 15.0. The Morgan fingerprint density at radius 3 is 1.80 bits per heavy atom. The van der Waals surface area contributed by atoms with Crippen LogP contribution in [0.5, 0.6) is 11.5 Å². The smallest absolute Gasteiger partial charge is 0.237 e. The van der Waals surface area contributed by atoms with Crippen LogP contribution in [0.1, 0.15) is 16.7 Å². The average molecular weight is 396 g/mol. The lowest BCUT2D eigenvalue weighted by atomic mass is 10.2. The largest absolute Gasteiger partial charge is 0.488 e. The van der Waals surface area contributed by atoms with E-state index in [2.05, 4.69) is 15.9 Å². The Morgan fingerprint density at radius 2 is 1.28 bits per heavy atom. The molecule has 25 heavy (non-hydrogen) atoms. The summed E-state index contributed by atoms with van der Waals surface area (Å²) in [5.74, 6) is 1.07. The van der Waals surface area contributed by atoms with Crippen LogP contribution in [0.3, 0.4) is 0 Å². The number of ether oxygens (including phenoxy) is 2. The van der Waals surface area contributed by atoms with Gasteiger partial charge in [0.05, 0.1) is 10.0 Å². The van der Waals surface area contributed by atoms with Crippen LogP contribution in [0.2, 0.25) is 0 Å². The van der Waals surface area contributed by atoms with Gasteiger partial charge in [-0.15, -0.1) is 0 Å². The van der Waals surface area contributed by atoms with Gasteiger partial charge in [-0.3, -0.25) is 4.79 Å². The number of hydrogen-bond donors (Lipinski definition) is 0. The minimum absolute atomic E-state index is 0.356. The summed E-state index contributed by atoms with van der Waals surface area (Å²) in [6.07, 6.45) is 1.91. The van der Waals surface area contributed by atoms with Crippen molar-refractivity contribution in [3.8, 4) is 11.5 Å². The molecular formula is C21H16BrO3. The van der Waals surface area contributed by atoms with Crippen LogP contribution in [0, 0.1) is 0 Å². The van der Waals surface area contributed by atoms with E-state index in [4.69, 9.17) is 9.47 Å². The van der Waals surface area contributed by atoms with Crippen LogP contribution in [0.4, 0.5) is 0 Å². The Hall–Kier alpha value is -2.59. The van der Waals surface area contributed by atoms with Gasteiger partial charge in [0.25, 0.3) is 0 Å². The fourth-order valence-electron chi connectivity index (χ4n) is 2.32. The second kappa shape index (κ2) is 8.49.